The Hall–Kier alpha value is -1.16. The van der Waals surface area contributed by atoms with Gasteiger partial charge in [-0.05, 0) is 51.4 Å². The summed E-state index contributed by atoms with van der Waals surface area (Å²) in [6.07, 6.45) is 7.55. The average Bonchev–Trinajstić information content (AvgIpc) is 3.29. The molecule has 2 atom stereocenters. The highest BCUT2D eigenvalue weighted by atomic mass is 15.3. The van der Waals surface area contributed by atoms with Crippen LogP contribution in [0.1, 0.15) is 37.1 Å². The molecule has 0 aromatic carbocycles. The first-order valence-corrected chi connectivity index (χ1v) is 8.48. The minimum atomic E-state index is 0.728. The predicted molar refractivity (Wildman–Crippen MR) is 84.5 cm³/mol. The van der Waals surface area contributed by atoms with Crippen LogP contribution in [0.5, 0.6) is 0 Å². The second kappa shape index (κ2) is 5.24. The average molecular weight is 286 g/mol. The molecule has 0 amide bonds. The minimum absolute atomic E-state index is 0.728. The minimum Gasteiger partial charge on any atom is -0.353 e. The van der Waals surface area contributed by atoms with Crippen molar-refractivity contribution in [2.45, 2.75) is 45.6 Å². The Labute approximate surface area is 127 Å². The summed E-state index contributed by atoms with van der Waals surface area (Å²) in [7, 11) is 0. The van der Waals surface area contributed by atoms with Crippen molar-refractivity contribution in [1.82, 2.24) is 14.9 Å². The number of hydrogen-bond donors (Lipinski definition) is 0. The van der Waals surface area contributed by atoms with Crippen molar-refractivity contribution in [3.63, 3.8) is 0 Å². The lowest BCUT2D eigenvalue weighted by atomic mass is 9.95. The fraction of sp³-hybridized carbons (Fsp3) is 0.765. The van der Waals surface area contributed by atoms with E-state index in [0.717, 1.165) is 48.2 Å². The lowest BCUT2D eigenvalue weighted by Gasteiger charge is -2.36. The van der Waals surface area contributed by atoms with Crippen LogP contribution in [-0.2, 0) is 0 Å². The van der Waals surface area contributed by atoms with Gasteiger partial charge in [0.15, 0.2) is 0 Å². The molecule has 0 radical (unpaired) electrons. The summed E-state index contributed by atoms with van der Waals surface area (Å²) in [6.45, 7) is 9.08. The number of rotatable bonds is 3. The molecule has 1 aliphatic carbocycles. The van der Waals surface area contributed by atoms with Gasteiger partial charge in [-0.25, -0.2) is 4.98 Å². The van der Waals surface area contributed by atoms with Gasteiger partial charge < -0.3 is 4.90 Å². The van der Waals surface area contributed by atoms with Crippen LogP contribution in [0.2, 0.25) is 0 Å². The zero-order valence-corrected chi connectivity index (χ0v) is 13.3. The Balaban J connectivity index is 1.56. The molecular formula is C17H26N4. The van der Waals surface area contributed by atoms with Crippen LogP contribution < -0.4 is 4.90 Å². The molecule has 4 heteroatoms. The lowest BCUT2D eigenvalue weighted by Crippen LogP contribution is -2.44. The molecule has 0 spiro atoms. The van der Waals surface area contributed by atoms with Crippen LogP contribution in [0.15, 0.2) is 6.20 Å². The Kier molecular flexibility index (Phi) is 3.37. The van der Waals surface area contributed by atoms with E-state index in [1.807, 2.05) is 13.1 Å². The Morgan fingerprint density at radius 1 is 1.10 bits per heavy atom. The fourth-order valence-corrected chi connectivity index (χ4v) is 4.03. The van der Waals surface area contributed by atoms with Crippen molar-refractivity contribution in [1.29, 1.82) is 0 Å². The quantitative estimate of drug-likeness (QED) is 0.854. The maximum atomic E-state index is 4.78. The van der Waals surface area contributed by atoms with E-state index in [0.29, 0.717) is 0 Å². The summed E-state index contributed by atoms with van der Waals surface area (Å²) >= 11 is 0. The molecule has 1 aromatic heterocycles. The zero-order valence-electron chi connectivity index (χ0n) is 13.3. The van der Waals surface area contributed by atoms with Crippen molar-refractivity contribution >= 4 is 5.82 Å². The van der Waals surface area contributed by atoms with E-state index < -0.39 is 0 Å². The summed E-state index contributed by atoms with van der Waals surface area (Å²) in [4.78, 5) is 14.6. The van der Waals surface area contributed by atoms with Crippen molar-refractivity contribution in [3.05, 3.63) is 17.6 Å². The second-order valence-electron chi connectivity index (χ2n) is 7.32. The van der Waals surface area contributed by atoms with Gasteiger partial charge in [0.05, 0.1) is 11.4 Å². The van der Waals surface area contributed by atoms with Gasteiger partial charge in [-0.1, -0.05) is 0 Å². The Morgan fingerprint density at radius 2 is 1.95 bits per heavy atom. The number of anilines is 1. The van der Waals surface area contributed by atoms with Crippen molar-refractivity contribution < 1.29 is 0 Å². The van der Waals surface area contributed by atoms with E-state index in [1.165, 1.54) is 38.8 Å². The van der Waals surface area contributed by atoms with Crippen LogP contribution >= 0.6 is 0 Å². The van der Waals surface area contributed by atoms with Crippen LogP contribution in [0.4, 0.5) is 5.82 Å². The molecule has 4 fully saturated rings. The van der Waals surface area contributed by atoms with E-state index in [4.69, 9.17) is 4.98 Å². The molecule has 0 N–H and O–H groups in total. The predicted octanol–water partition coefficient (Wildman–Crippen LogP) is 2.40. The number of nitrogens with zero attached hydrogens (tertiary/aromatic N) is 4. The number of hydrogen-bond acceptors (Lipinski definition) is 4. The fourth-order valence-electron chi connectivity index (χ4n) is 4.03. The van der Waals surface area contributed by atoms with Gasteiger partial charge in [0, 0.05) is 38.4 Å². The van der Waals surface area contributed by atoms with E-state index in [1.54, 1.807) is 0 Å². The number of fused-ring (bicyclic) bond motifs is 4. The summed E-state index contributed by atoms with van der Waals surface area (Å²) in [6, 6.07) is 0.728. The molecule has 114 valence electrons. The Morgan fingerprint density at radius 3 is 2.76 bits per heavy atom. The van der Waals surface area contributed by atoms with Crippen LogP contribution in [-0.4, -0.2) is 47.1 Å². The van der Waals surface area contributed by atoms with Crippen molar-refractivity contribution in [2.75, 3.05) is 31.1 Å². The van der Waals surface area contributed by atoms with Crippen molar-refractivity contribution in [3.8, 4) is 0 Å². The summed E-state index contributed by atoms with van der Waals surface area (Å²) in [5, 5.41) is 0. The lowest BCUT2D eigenvalue weighted by molar-refractivity contribution is 0.128. The van der Waals surface area contributed by atoms with Gasteiger partial charge in [0.1, 0.15) is 5.82 Å². The van der Waals surface area contributed by atoms with Gasteiger partial charge >= 0.3 is 0 Å². The highest BCUT2D eigenvalue weighted by molar-refractivity contribution is 5.44. The van der Waals surface area contributed by atoms with E-state index >= 15 is 0 Å². The second-order valence-corrected chi connectivity index (χ2v) is 7.32. The van der Waals surface area contributed by atoms with E-state index in [9.17, 15) is 0 Å². The van der Waals surface area contributed by atoms with Crippen LogP contribution in [0.25, 0.3) is 0 Å². The number of aromatic nitrogens is 2. The molecular weight excluding hydrogens is 260 g/mol. The SMILES string of the molecule is Cc1cnc(C)c(N2C[C@@H]3CC[C@H](C2)N(CC2CC2)C3)n1. The van der Waals surface area contributed by atoms with Gasteiger partial charge in [-0.2, -0.15) is 0 Å². The van der Waals surface area contributed by atoms with Gasteiger partial charge in [0.25, 0.3) is 0 Å². The standard InChI is InChI=1S/C17H26N4/c1-12-7-18-13(2)17(19-12)21-10-15-5-6-16(11-21)20(9-15)8-14-3-4-14/h7,14-16H,3-6,8-11H2,1-2H3/t15-,16-/m1/s1. The van der Waals surface area contributed by atoms with Crippen LogP contribution in [0, 0.1) is 25.7 Å². The third-order valence-corrected chi connectivity index (χ3v) is 5.37. The van der Waals surface area contributed by atoms with Gasteiger partial charge in [-0.15, -0.1) is 0 Å². The van der Waals surface area contributed by atoms with Gasteiger partial charge in [0.2, 0.25) is 0 Å². The first kappa shape index (κ1) is 13.5. The Bertz CT molecular complexity index is 526. The number of piperidine rings is 1. The topological polar surface area (TPSA) is 32.3 Å². The normalized spacial score (nSPS) is 29.7. The molecule has 1 aromatic rings. The molecule has 1 saturated carbocycles. The number of aryl methyl sites for hydroxylation is 2. The summed E-state index contributed by atoms with van der Waals surface area (Å²) < 4.78 is 0. The van der Waals surface area contributed by atoms with Gasteiger partial charge in [-0.3, -0.25) is 9.88 Å². The third-order valence-electron chi connectivity index (χ3n) is 5.37. The molecule has 4 aliphatic rings. The molecule has 5 rings (SSSR count). The summed E-state index contributed by atoms with van der Waals surface area (Å²) in [5.41, 5.74) is 2.11. The van der Waals surface area contributed by atoms with E-state index in [-0.39, 0.29) is 0 Å². The first-order valence-electron chi connectivity index (χ1n) is 8.48. The molecule has 4 heterocycles. The highest BCUT2D eigenvalue weighted by Gasteiger charge is 2.37. The smallest absolute Gasteiger partial charge is 0.150 e. The van der Waals surface area contributed by atoms with Crippen LogP contribution in [0.3, 0.4) is 0 Å². The van der Waals surface area contributed by atoms with Crippen molar-refractivity contribution in [2.24, 2.45) is 11.8 Å². The molecule has 21 heavy (non-hydrogen) atoms. The summed E-state index contributed by atoms with van der Waals surface area (Å²) in [5.74, 6) is 2.93. The zero-order chi connectivity index (χ0) is 14.4. The van der Waals surface area contributed by atoms with E-state index in [2.05, 4.69) is 21.7 Å². The third kappa shape index (κ3) is 2.78. The molecule has 3 aliphatic heterocycles. The maximum absolute atomic E-state index is 4.78. The molecule has 0 unspecified atom stereocenters. The molecule has 3 saturated heterocycles. The molecule has 4 nitrogen and oxygen atoms in total. The first-order chi connectivity index (χ1) is 10.2. The maximum Gasteiger partial charge on any atom is 0.150 e. The monoisotopic (exact) mass is 286 g/mol. The molecule has 2 bridgehead atoms. The largest absolute Gasteiger partial charge is 0.353 e. The highest BCUT2D eigenvalue weighted by Crippen LogP contribution is 2.35.